The third kappa shape index (κ3) is 10.5. The SMILES string of the molecule is CCC(C)NC(=O)CN(CCC(=O)O)CCC(C)C. The number of hydrogen-bond donors (Lipinski definition) is 2. The first kappa shape index (κ1) is 17.9. The number of hydrogen-bond acceptors (Lipinski definition) is 3. The zero-order chi connectivity index (χ0) is 14.8. The van der Waals surface area contributed by atoms with Crippen LogP contribution in [0.15, 0.2) is 0 Å². The minimum Gasteiger partial charge on any atom is -0.481 e. The second kappa shape index (κ2) is 9.78. The fourth-order valence-electron chi connectivity index (χ4n) is 1.59. The summed E-state index contributed by atoms with van der Waals surface area (Å²) in [7, 11) is 0. The van der Waals surface area contributed by atoms with Crippen molar-refractivity contribution in [3.63, 3.8) is 0 Å². The summed E-state index contributed by atoms with van der Waals surface area (Å²) in [6, 6.07) is 0.166. The minimum absolute atomic E-state index is 0.0245. The van der Waals surface area contributed by atoms with Gasteiger partial charge in [-0.1, -0.05) is 20.8 Å². The molecule has 0 heterocycles. The van der Waals surface area contributed by atoms with E-state index in [-0.39, 0.29) is 24.9 Å². The van der Waals surface area contributed by atoms with Crippen LogP contribution in [0.2, 0.25) is 0 Å². The van der Waals surface area contributed by atoms with E-state index in [2.05, 4.69) is 19.2 Å². The van der Waals surface area contributed by atoms with Crippen LogP contribution in [0.3, 0.4) is 0 Å². The van der Waals surface area contributed by atoms with Crippen molar-refractivity contribution >= 4 is 11.9 Å². The molecular weight excluding hydrogens is 244 g/mol. The predicted molar refractivity (Wildman–Crippen MR) is 76.0 cm³/mol. The zero-order valence-corrected chi connectivity index (χ0v) is 12.6. The van der Waals surface area contributed by atoms with Crippen molar-refractivity contribution in [3.8, 4) is 0 Å². The molecule has 0 aromatic rings. The molecule has 1 amide bonds. The van der Waals surface area contributed by atoms with Crippen LogP contribution in [-0.4, -0.2) is 47.6 Å². The van der Waals surface area contributed by atoms with Crippen LogP contribution < -0.4 is 5.32 Å². The molecule has 0 bridgehead atoms. The van der Waals surface area contributed by atoms with E-state index in [1.165, 1.54) is 0 Å². The molecule has 1 atom stereocenters. The van der Waals surface area contributed by atoms with Crippen LogP contribution in [0, 0.1) is 5.92 Å². The van der Waals surface area contributed by atoms with Crippen molar-refractivity contribution < 1.29 is 14.7 Å². The number of carboxylic acid groups (broad SMARTS) is 1. The molecule has 0 aliphatic rings. The Labute approximate surface area is 116 Å². The average Bonchev–Trinajstić information content (AvgIpc) is 2.31. The summed E-state index contributed by atoms with van der Waals surface area (Å²) in [5, 5.41) is 11.6. The Balaban J connectivity index is 4.22. The minimum atomic E-state index is -0.822. The van der Waals surface area contributed by atoms with Crippen LogP contribution >= 0.6 is 0 Å². The van der Waals surface area contributed by atoms with Gasteiger partial charge in [0.25, 0.3) is 0 Å². The third-order valence-electron chi connectivity index (χ3n) is 3.05. The molecule has 0 rings (SSSR count). The molecule has 2 N–H and O–H groups in total. The van der Waals surface area contributed by atoms with E-state index in [4.69, 9.17) is 5.11 Å². The summed E-state index contributed by atoms with van der Waals surface area (Å²) in [6.07, 6.45) is 1.94. The summed E-state index contributed by atoms with van der Waals surface area (Å²) < 4.78 is 0. The van der Waals surface area contributed by atoms with E-state index < -0.39 is 5.97 Å². The van der Waals surface area contributed by atoms with Gasteiger partial charge >= 0.3 is 5.97 Å². The molecular formula is C14H28N2O3. The van der Waals surface area contributed by atoms with Gasteiger partial charge in [0.15, 0.2) is 0 Å². The maximum Gasteiger partial charge on any atom is 0.304 e. The summed E-state index contributed by atoms with van der Waals surface area (Å²) in [5.41, 5.74) is 0. The highest BCUT2D eigenvalue weighted by Gasteiger charge is 2.13. The van der Waals surface area contributed by atoms with Gasteiger partial charge in [0.2, 0.25) is 5.91 Å². The van der Waals surface area contributed by atoms with Crippen LogP contribution in [0.25, 0.3) is 0 Å². The molecule has 0 aliphatic heterocycles. The summed E-state index contributed by atoms with van der Waals surface area (Å²) >= 11 is 0. The van der Waals surface area contributed by atoms with E-state index in [1.54, 1.807) is 0 Å². The van der Waals surface area contributed by atoms with Crippen LogP contribution in [0.1, 0.15) is 47.0 Å². The highest BCUT2D eigenvalue weighted by Crippen LogP contribution is 2.03. The van der Waals surface area contributed by atoms with Crippen LogP contribution in [0.5, 0.6) is 0 Å². The Kier molecular flexibility index (Phi) is 9.21. The maximum absolute atomic E-state index is 11.8. The van der Waals surface area contributed by atoms with Gasteiger partial charge in [-0.3, -0.25) is 14.5 Å². The molecule has 1 unspecified atom stereocenters. The van der Waals surface area contributed by atoms with Gasteiger partial charge in [-0.2, -0.15) is 0 Å². The van der Waals surface area contributed by atoms with Crippen molar-refractivity contribution in [2.24, 2.45) is 5.92 Å². The van der Waals surface area contributed by atoms with Gasteiger partial charge in [0.1, 0.15) is 0 Å². The van der Waals surface area contributed by atoms with Gasteiger partial charge in [0, 0.05) is 12.6 Å². The monoisotopic (exact) mass is 272 g/mol. The van der Waals surface area contributed by atoms with Gasteiger partial charge in [0.05, 0.1) is 13.0 Å². The Morgan fingerprint density at radius 3 is 2.32 bits per heavy atom. The number of carbonyl (C=O) groups excluding carboxylic acids is 1. The summed E-state index contributed by atoms with van der Waals surface area (Å²) in [4.78, 5) is 24.4. The first-order chi connectivity index (χ1) is 8.85. The first-order valence-corrected chi connectivity index (χ1v) is 7.08. The smallest absolute Gasteiger partial charge is 0.304 e. The predicted octanol–water partition coefficient (Wildman–Crippen LogP) is 1.72. The number of carboxylic acids is 1. The van der Waals surface area contributed by atoms with Crippen molar-refractivity contribution in [3.05, 3.63) is 0 Å². The fraction of sp³-hybridized carbons (Fsp3) is 0.857. The highest BCUT2D eigenvalue weighted by atomic mass is 16.4. The van der Waals surface area contributed by atoms with Gasteiger partial charge in [-0.25, -0.2) is 0 Å². The molecule has 5 nitrogen and oxygen atoms in total. The lowest BCUT2D eigenvalue weighted by atomic mass is 10.1. The Hall–Kier alpha value is -1.10. The number of nitrogens with zero attached hydrogens (tertiary/aromatic N) is 1. The average molecular weight is 272 g/mol. The lowest BCUT2D eigenvalue weighted by molar-refractivity contribution is -0.137. The Bertz CT molecular complexity index is 280. The molecule has 0 aromatic heterocycles. The molecule has 0 fully saturated rings. The van der Waals surface area contributed by atoms with E-state index in [0.29, 0.717) is 12.5 Å². The molecule has 5 heteroatoms. The fourth-order valence-corrected chi connectivity index (χ4v) is 1.59. The number of aliphatic carboxylic acids is 1. The van der Waals surface area contributed by atoms with Crippen molar-refractivity contribution in [2.75, 3.05) is 19.6 Å². The van der Waals surface area contributed by atoms with Crippen molar-refractivity contribution in [1.29, 1.82) is 0 Å². The Morgan fingerprint density at radius 1 is 1.21 bits per heavy atom. The molecule has 0 aromatic carbocycles. The third-order valence-corrected chi connectivity index (χ3v) is 3.05. The van der Waals surface area contributed by atoms with Crippen LogP contribution in [-0.2, 0) is 9.59 Å². The topological polar surface area (TPSA) is 69.6 Å². The highest BCUT2D eigenvalue weighted by molar-refractivity contribution is 5.78. The standard InChI is InChI=1S/C14H28N2O3/c1-5-12(4)15-13(17)10-16(8-6-11(2)3)9-7-14(18)19/h11-12H,5-10H2,1-4H3,(H,15,17)(H,18,19). The van der Waals surface area contributed by atoms with Gasteiger partial charge in [-0.15, -0.1) is 0 Å². The second-order valence-electron chi connectivity index (χ2n) is 5.48. The maximum atomic E-state index is 11.8. The molecule has 0 radical (unpaired) electrons. The number of carbonyl (C=O) groups is 2. The van der Waals surface area contributed by atoms with E-state index in [0.717, 1.165) is 19.4 Å². The van der Waals surface area contributed by atoms with Gasteiger partial charge in [-0.05, 0) is 32.2 Å². The largest absolute Gasteiger partial charge is 0.481 e. The molecule has 0 aliphatic carbocycles. The zero-order valence-electron chi connectivity index (χ0n) is 12.6. The van der Waals surface area contributed by atoms with E-state index >= 15 is 0 Å². The molecule has 112 valence electrons. The van der Waals surface area contributed by atoms with Crippen molar-refractivity contribution in [2.45, 2.75) is 53.0 Å². The van der Waals surface area contributed by atoms with E-state index in [1.807, 2.05) is 18.7 Å². The quantitative estimate of drug-likeness (QED) is 0.635. The molecule has 0 saturated heterocycles. The molecule has 19 heavy (non-hydrogen) atoms. The van der Waals surface area contributed by atoms with E-state index in [9.17, 15) is 9.59 Å². The van der Waals surface area contributed by atoms with Gasteiger partial charge < -0.3 is 10.4 Å². The second-order valence-corrected chi connectivity index (χ2v) is 5.48. The van der Waals surface area contributed by atoms with Crippen molar-refractivity contribution in [1.82, 2.24) is 10.2 Å². The lowest BCUT2D eigenvalue weighted by Crippen LogP contribution is -2.42. The summed E-state index contributed by atoms with van der Waals surface area (Å²) in [6.45, 7) is 9.70. The summed E-state index contributed by atoms with van der Waals surface area (Å²) in [5.74, 6) is -0.301. The number of rotatable bonds is 10. The van der Waals surface area contributed by atoms with Crippen LogP contribution in [0.4, 0.5) is 0 Å². The Morgan fingerprint density at radius 2 is 1.84 bits per heavy atom. The first-order valence-electron chi connectivity index (χ1n) is 7.08. The molecule has 0 saturated carbocycles. The lowest BCUT2D eigenvalue weighted by Gasteiger charge is -2.23. The number of amides is 1. The normalized spacial score (nSPS) is 12.7. The number of nitrogens with one attached hydrogen (secondary N) is 1. The molecule has 0 spiro atoms.